The Morgan fingerprint density at radius 1 is 1.17 bits per heavy atom. The van der Waals surface area contributed by atoms with Crippen LogP contribution in [0.25, 0.3) is 0 Å². The highest BCUT2D eigenvalue weighted by molar-refractivity contribution is 7.92. The lowest BCUT2D eigenvalue weighted by atomic mass is 10.3. The Kier molecular flexibility index (Phi) is 5.38. The molecule has 1 aromatic heterocycles. The van der Waals surface area contributed by atoms with E-state index >= 15 is 0 Å². The van der Waals surface area contributed by atoms with E-state index < -0.39 is 10.0 Å². The number of hydrogen-bond acceptors (Lipinski definition) is 5. The molecule has 0 unspecified atom stereocenters. The summed E-state index contributed by atoms with van der Waals surface area (Å²) in [5.41, 5.74) is 1.35. The molecule has 0 bridgehead atoms. The molecule has 0 fully saturated rings. The quantitative estimate of drug-likeness (QED) is 0.827. The number of aryl methyl sites for hydroxylation is 2. The Labute approximate surface area is 142 Å². The van der Waals surface area contributed by atoms with Crippen LogP contribution in [0.1, 0.15) is 25.2 Å². The second-order valence-electron chi connectivity index (χ2n) is 5.25. The van der Waals surface area contributed by atoms with E-state index in [2.05, 4.69) is 9.82 Å². The topological polar surface area (TPSA) is 82.4 Å². The Balaban J connectivity index is 2.46. The Bertz CT molecular complexity index is 828. The fraction of sp³-hybridized carbons (Fsp3) is 0.438. The maximum absolute atomic E-state index is 12.8. The predicted molar refractivity (Wildman–Crippen MR) is 92.3 cm³/mol. The van der Waals surface area contributed by atoms with Crippen LogP contribution in [-0.2, 0) is 17.1 Å². The molecule has 8 heteroatoms. The lowest BCUT2D eigenvalue weighted by Crippen LogP contribution is -2.16. The summed E-state index contributed by atoms with van der Waals surface area (Å²) in [5, 5.41) is 4.17. The van der Waals surface area contributed by atoms with Crippen LogP contribution in [0.4, 0.5) is 5.69 Å². The highest BCUT2D eigenvalue weighted by Crippen LogP contribution is 2.32. The van der Waals surface area contributed by atoms with E-state index in [1.807, 2.05) is 13.8 Å². The number of benzene rings is 1. The first-order valence-corrected chi connectivity index (χ1v) is 9.21. The van der Waals surface area contributed by atoms with E-state index in [-0.39, 0.29) is 4.90 Å². The van der Waals surface area contributed by atoms with Crippen molar-refractivity contribution in [2.24, 2.45) is 7.05 Å². The summed E-state index contributed by atoms with van der Waals surface area (Å²) in [6.45, 7) is 8.00. The first kappa shape index (κ1) is 18.1. The highest BCUT2D eigenvalue weighted by Gasteiger charge is 2.25. The molecule has 0 aliphatic heterocycles. The summed E-state index contributed by atoms with van der Waals surface area (Å²) in [7, 11) is -2.08. The van der Waals surface area contributed by atoms with Crippen LogP contribution >= 0.6 is 0 Å². The lowest BCUT2D eigenvalue weighted by Gasteiger charge is -2.14. The molecule has 1 aromatic carbocycles. The number of rotatable bonds is 7. The summed E-state index contributed by atoms with van der Waals surface area (Å²) in [5.74, 6) is 1.02. The van der Waals surface area contributed by atoms with Gasteiger partial charge in [-0.25, -0.2) is 8.42 Å². The van der Waals surface area contributed by atoms with Crippen LogP contribution in [-0.4, -0.2) is 31.4 Å². The van der Waals surface area contributed by atoms with E-state index in [1.165, 1.54) is 0 Å². The Hall–Kier alpha value is -2.22. The number of nitrogens with zero attached hydrogens (tertiary/aromatic N) is 2. The molecule has 132 valence electrons. The normalized spacial score (nSPS) is 11.4. The molecule has 0 spiro atoms. The third kappa shape index (κ3) is 3.64. The predicted octanol–water partition coefficient (Wildman–Crippen LogP) is 2.64. The molecular weight excluding hydrogens is 330 g/mol. The summed E-state index contributed by atoms with van der Waals surface area (Å²) >= 11 is 0. The molecular formula is C16H23N3O4S. The smallest absolute Gasteiger partial charge is 0.265 e. The fourth-order valence-electron chi connectivity index (χ4n) is 2.47. The SMILES string of the molecule is CCOc1ccc(OCC)c(NS(=O)(=O)c2c(C)nn(C)c2C)c1. The third-order valence-electron chi connectivity index (χ3n) is 3.52. The van der Waals surface area contributed by atoms with E-state index in [0.717, 1.165) is 0 Å². The molecule has 0 radical (unpaired) electrons. The van der Waals surface area contributed by atoms with Crippen molar-refractivity contribution in [2.45, 2.75) is 32.6 Å². The number of hydrogen-bond donors (Lipinski definition) is 1. The van der Waals surface area contributed by atoms with Gasteiger partial charge in [0.15, 0.2) is 0 Å². The summed E-state index contributed by atoms with van der Waals surface area (Å²) in [6, 6.07) is 5.05. The zero-order chi connectivity index (χ0) is 17.9. The molecule has 1 heterocycles. The third-order valence-corrected chi connectivity index (χ3v) is 5.13. The maximum atomic E-state index is 12.8. The van der Waals surface area contributed by atoms with Gasteiger partial charge in [0.25, 0.3) is 10.0 Å². The van der Waals surface area contributed by atoms with Crippen LogP contribution in [0.5, 0.6) is 11.5 Å². The van der Waals surface area contributed by atoms with Crippen molar-refractivity contribution in [3.05, 3.63) is 29.6 Å². The Morgan fingerprint density at radius 3 is 2.38 bits per heavy atom. The van der Waals surface area contributed by atoms with Crippen LogP contribution < -0.4 is 14.2 Å². The zero-order valence-electron chi connectivity index (χ0n) is 14.6. The van der Waals surface area contributed by atoms with E-state index in [4.69, 9.17) is 9.47 Å². The molecule has 2 rings (SSSR count). The van der Waals surface area contributed by atoms with Gasteiger partial charge in [-0.15, -0.1) is 0 Å². The van der Waals surface area contributed by atoms with Crippen LogP contribution in [0.2, 0.25) is 0 Å². The number of nitrogens with one attached hydrogen (secondary N) is 1. The number of ether oxygens (including phenoxy) is 2. The van der Waals surface area contributed by atoms with E-state index in [9.17, 15) is 8.42 Å². The van der Waals surface area contributed by atoms with Crippen LogP contribution in [0.3, 0.4) is 0 Å². The fourth-order valence-corrected chi connectivity index (χ4v) is 3.97. The average Bonchev–Trinajstić information content (AvgIpc) is 2.75. The van der Waals surface area contributed by atoms with Gasteiger partial charge in [0.2, 0.25) is 0 Å². The first-order chi connectivity index (χ1) is 11.3. The molecule has 0 saturated heterocycles. The molecule has 0 saturated carbocycles. The molecule has 1 N–H and O–H groups in total. The van der Waals surface area contributed by atoms with Gasteiger partial charge in [0, 0.05) is 13.1 Å². The number of anilines is 1. The molecule has 2 aromatic rings. The molecule has 7 nitrogen and oxygen atoms in total. The highest BCUT2D eigenvalue weighted by atomic mass is 32.2. The minimum Gasteiger partial charge on any atom is -0.494 e. The molecule has 0 aliphatic carbocycles. The first-order valence-electron chi connectivity index (χ1n) is 7.72. The van der Waals surface area contributed by atoms with E-state index in [0.29, 0.717) is 41.8 Å². The number of sulfonamides is 1. The van der Waals surface area contributed by atoms with Gasteiger partial charge in [-0.1, -0.05) is 0 Å². The van der Waals surface area contributed by atoms with Gasteiger partial charge >= 0.3 is 0 Å². The maximum Gasteiger partial charge on any atom is 0.265 e. The molecule has 24 heavy (non-hydrogen) atoms. The van der Waals surface area contributed by atoms with Gasteiger partial charge in [-0.2, -0.15) is 5.10 Å². The van der Waals surface area contributed by atoms with Gasteiger partial charge in [-0.3, -0.25) is 9.40 Å². The summed E-state index contributed by atoms with van der Waals surface area (Å²) < 4.78 is 40.7. The second-order valence-corrected chi connectivity index (χ2v) is 6.87. The summed E-state index contributed by atoms with van der Waals surface area (Å²) in [6.07, 6.45) is 0. The Morgan fingerprint density at radius 2 is 1.83 bits per heavy atom. The molecule has 0 atom stereocenters. The summed E-state index contributed by atoms with van der Waals surface area (Å²) in [4.78, 5) is 0.175. The minimum atomic E-state index is -3.80. The molecule has 0 aliphatic rings. The average molecular weight is 353 g/mol. The van der Waals surface area contributed by atoms with Gasteiger partial charge < -0.3 is 9.47 Å². The number of aromatic nitrogens is 2. The van der Waals surface area contributed by atoms with E-state index in [1.54, 1.807) is 43.8 Å². The van der Waals surface area contributed by atoms with Gasteiger partial charge in [0.1, 0.15) is 16.4 Å². The monoisotopic (exact) mass is 353 g/mol. The second kappa shape index (κ2) is 7.12. The van der Waals surface area contributed by atoms with Gasteiger partial charge in [0.05, 0.1) is 30.3 Å². The van der Waals surface area contributed by atoms with Crippen LogP contribution in [0, 0.1) is 13.8 Å². The largest absolute Gasteiger partial charge is 0.494 e. The van der Waals surface area contributed by atoms with Crippen molar-refractivity contribution in [1.29, 1.82) is 0 Å². The van der Waals surface area contributed by atoms with Crippen molar-refractivity contribution >= 4 is 15.7 Å². The van der Waals surface area contributed by atoms with Crippen molar-refractivity contribution in [1.82, 2.24) is 9.78 Å². The standard InChI is InChI=1S/C16H23N3O4S/c1-6-22-13-8-9-15(23-7-2)14(10-13)18-24(20,21)16-11(3)17-19(5)12(16)4/h8-10,18H,6-7H2,1-5H3. The van der Waals surface area contributed by atoms with Crippen LogP contribution in [0.15, 0.2) is 23.1 Å². The minimum absolute atomic E-state index is 0.175. The molecule has 0 amide bonds. The van der Waals surface area contributed by atoms with Crippen molar-refractivity contribution in [3.8, 4) is 11.5 Å². The zero-order valence-corrected chi connectivity index (χ0v) is 15.4. The van der Waals surface area contributed by atoms with Gasteiger partial charge in [-0.05, 0) is 39.8 Å². The van der Waals surface area contributed by atoms with Crippen molar-refractivity contribution in [2.75, 3.05) is 17.9 Å². The van der Waals surface area contributed by atoms with Crippen molar-refractivity contribution in [3.63, 3.8) is 0 Å². The lowest BCUT2D eigenvalue weighted by molar-refractivity contribution is 0.332. The van der Waals surface area contributed by atoms with Crippen molar-refractivity contribution < 1.29 is 17.9 Å².